The summed E-state index contributed by atoms with van der Waals surface area (Å²) in [5, 5.41) is 6.30. The number of amides is 2. The molecule has 3 N–H and O–H groups in total. The summed E-state index contributed by atoms with van der Waals surface area (Å²) in [6.07, 6.45) is 3.93. The quantitative estimate of drug-likeness (QED) is 0.331. The first kappa shape index (κ1) is 25.6. The van der Waals surface area contributed by atoms with Crippen LogP contribution < -0.4 is 10.6 Å². The molecule has 2 aliphatic rings. The van der Waals surface area contributed by atoms with Gasteiger partial charge in [-0.3, -0.25) is 9.59 Å². The van der Waals surface area contributed by atoms with Gasteiger partial charge in [0.15, 0.2) is 9.84 Å². The van der Waals surface area contributed by atoms with Gasteiger partial charge in [0, 0.05) is 44.8 Å². The molecule has 0 radical (unpaired) electrons. The number of hydrogen-bond donors (Lipinski definition) is 3. The maximum absolute atomic E-state index is 13.3. The van der Waals surface area contributed by atoms with Crippen molar-refractivity contribution in [2.45, 2.75) is 37.3 Å². The average Bonchev–Trinajstić information content (AvgIpc) is 3.56. The number of H-pyrrole nitrogens is 1. The highest BCUT2D eigenvalue weighted by molar-refractivity contribution is 7.90. The minimum absolute atomic E-state index is 0.0455. The van der Waals surface area contributed by atoms with Crippen LogP contribution in [0, 0.1) is 19.8 Å². The second-order valence-electron chi connectivity index (χ2n) is 9.50. The van der Waals surface area contributed by atoms with Gasteiger partial charge in [-0.15, -0.1) is 0 Å². The maximum atomic E-state index is 13.3. The number of carbonyl (C=O) groups excluding carboxylic acids is 2. The van der Waals surface area contributed by atoms with Crippen LogP contribution in [-0.2, 0) is 20.4 Å². The minimum atomic E-state index is -3.82. The van der Waals surface area contributed by atoms with Crippen LogP contribution in [0.3, 0.4) is 0 Å². The number of hydrogen-bond acceptors (Lipinski definition) is 4. The van der Waals surface area contributed by atoms with E-state index >= 15 is 0 Å². The molecule has 7 nitrogen and oxygen atoms in total. The minimum Gasteiger partial charge on any atom is -0.358 e. The normalized spacial score (nSPS) is 16.1. The van der Waals surface area contributed by atoms with Crippen LogP contribution in [0.1, 0.15) is 51.3 Å². The summed E-state index contributed by atoms with van der Waals surface area (Å²) in [5.41, 5.74) is 4.18. The number of rotatable bonds is 7. The van der Waals surface area contributed by atoms with E-state index in [9.17, 15) is 18.0 Å². The Labute approximate surface area is 225 Å². The standard InChI is InChI=1S/C27H25Cl2N3O4S/c1-14-24(31-15(2)25(14)27(34)30-12-16-6-7-16)11-19-18-10-17(8-9-23(18)32-26(19)33)37(35,36)13-20-21(28)4-3-5-22(20)29/h3-5,8-11,16,31H,6-7,12-13H2,1-2H3,(H,30,34)(H,32,33). The fraction of sp³-hybridized carbons (Fsp3) is 0.259. The molecule has 2 amide bonds. The summed E-state index contributed by atoms with van der Waals surface area (Å²) in [5.74, 6) is -0.321. The monoisotopic (exact) mass is 557 g/mol. The summed E-state index contributed by atoms with van der Waals surface area (Å²) in [6.45, 7) is 4.30. The van der Waals surface area contributed by atoms with E-state index in [2.05, 4.69) is 15.6 Å². The third kappa shape index (κ3) is 5.06. The molecular weight excluding hydrogens is 533 g/mol. The molecule has 2 aromatic carbocycles. The number of benzene rings is 2. The van der Waals surface area contributed by atoms with Crippen molar-refractivity contribution >= 4 is 62.2 Å². The topological polar surface area (TPSA) is 108 Å². The number of halogens is 2. The first-order chi connectivity index (χ1) is 17.5. The number of carbonyl (C=O) groups is 2. The summed E-state index contributed by atoms with van der Waals surface area (Å²) in [4.78, 5) is 28.9. The van der Waals surface area contributed by atoms with Gasteiger partial charge in [0.1, 0.15) is 0 Å². The molecule has 1 saturated carbocycles. The lowest BCUT2D eigenvalue weighted by molar-refractivity contribution is -0.110. The van der Waals surface area contributed by atoms with Gasteiger partial charge in [-0.05, 0) is 74.6 Å². The van der Waals surface area contributed by atoms with Crippen molar-refractivity contribution in [2.75, 3.05) is 11.9 Å². The van der Waals surface area contributed by atoms with Crippen molar-refractivity contribution in [3.05, 3.63) is 80.1 Å². The highest BCUT2D eigenvalue weighted by Gasteiger charge is 2.29. The molecule has 1 aliphatic carbocycles. The molecule has 1 fully saturated rings. The Bertz CT molecular complexity index is 1570. The molecule has 37 heavy (non-hydrogen) atoms. The number of nitrogens with one attached hydrogen (secondary N) is 3. The van der Waals surface area contributed by atoms with E-state index in [0.29, 0.717) is 51.8 Å². The van der Waals surface area contributed by atoms with Gasteiger partial charge in [0.05, 0.1) is 21.8 Å². The molecule has 10 heteroatoms. The fourth-order valence-corrected chi connectivity index (χ4v) is 6.62. The van der Waals surface area contributed by atoms with E-state index in [1.165, 1.54) is 12.1 Å². The molecule has 1 aliphatic heterocycles. The van der Waals surface area contributed by atoms with Crippen LogP contribution in [0.4, 0.5) is 5.69 Å². The van der Waals surface area contributed by atoms with Crippen molar-refractivity contribution in [2.24, 2.45) is 5.92 Å². The zero-order chi connectivity index (χ0) is 26.5. The molecule has 5 rings (SSSR count). The third-order valence-corrected chi connectivity index (χ3v) is 9.12. The van der Waals surface area contributed by atoms with Crippen molar-refractivity contribution in [3.63, 3.8) is 0 Å². The van der Waals surface area contributed by atoms with Crippen LogP contribution >= 0.6 is 23.2 Å². The largest absolute Gasteiger partial charge is 0.358 e. The van der Waals surface area contributed by atoms with Gasteiger partial charge in [-0.2, -0.15) is 0 Å². The Kier molecular flexibility index (Phi) is 6.68. The summed E-state index contributed by atoms with van der Waals surface area (Å²) >= 11 is 12.4. The Morgan fingerprint density at radius 3 is 2.51 bits per heavy atom. The molecular formula is C27H25Cl2N3O4S. The maximum Gasteiger partial charge on any atom is 0.256 e. The van der Waals surface area contributed by atoms with Crippen LogP contribution in [0.2, 0.25) is 10.0 Å². The lowest BCUT2D eigenvalue weighted by atomic mass is 10.0. The number of sulfone groups is 1. The lowest BCUT2D eigenvalue weighted by Gasteiger charge is -2.10. The Morgan fingerprint density at radius 2 is 1.84 bits per heavy atom. The van der Waals surface area contributed by atoms with E-state index in [1.54, 1.807) is 30.3 Å². The predicted octanol–water partition coefficient (Wildman–Crippen LogP) is 5.54. The predicted molar refractivity (Wildman–Crippen MR) is 146 cm³/mol. The molecule has 0 bridgehead atoms. The second kappa shape index (κ2) is 9.67. The van der Waals surface area contributed by atoms with Gasteiger partial charge in [-0.1, -0.05) is 29.3 Å². The molecule has 0 spiro atoms. The van der Waals surface area contributed by atoms with Gasteiger partial charge in [-0.25, -0.2) is 8.42 Å². The van der Waals surface area contributed by atoms with E-state index in [-0.39, 0.29) is 32.5 Å². The number of aromatic amines is 1. The van der Waals surface area contributed by atoms with Crippen LogP contribution in [0.25, 0.3) is 11.6 Å². The molecule has 0 atom stereocenters. The SMILES string of the molecule is Cc1[nH]c(C=C2C(=O)Nc3ccc(S(=O)(=O)Cc4c(Cl)cccc4Cl)cc32)c(C)c1C(=O)NCC1CC1. The zero-order valence-corrected chi connectivity index (χ0v) is 22.6. The summed E-state index contributed by atoms with van der Waals surface area (Å²) in [6, 6.07) is 9.33. The molecule has 0 unspecified atom stereocenters. The smallest absolute Gasteiger partial charge is 0.256 e. The first-order valence-corrected chi connectivity index (χ1v) is 14.3. The Morgan fingerprint density at radius 1 is 1.14 bits per heavy atom. The Balaban J connectivity index is 1.48. The molecule has 3 aromatic rings. The van der Waals surface area contributed by atoms with E-state index in [4.69, 9.17) is 23.2 Å². The van der Waals surface area contributed by atoms with Gasteiger partial charge >= 0.3 is 0 Å². The highest BCUT2D eigenvalue weighted by Crippen LogP contribution is 2.37. The average molecular weight is 558 g/mol. The highest BCUT2D eigenvalue weighted by atomic mass is 35.5. The molecule has 1 aromatic heterocycles. The summed E-state index contributed by atoms with van der Waals surface area (Å²) < 4.78 is 26.5. The van der Waals surface area contributed by atoms with Crippen LogP contribution in [0.5, 0.6) is 0 Å². The number of fused-ring (bicyclic) bond motifs is 1. The fourth-order valence-electron chi connectivity index (χ4n) is 4.50. The van der Waals surface area contributed by atoms with Crippen molar-refractivity contribution in [1.29, 1.82) is 0 Å². The van der Waals surface area contributed by atoms with Gasteiger partial charge in [0.2, 0.25) is 0 Å². The van der Waals surface area contributed by atoms with E-state index in [1.807, 2.05) is 13.8 Å². The lowest BCUT2D eigenvalue weighted by Crippen LogP contribution is -2.26. The Hall–Kier alpha value is -3.07. The second-order valence-corrected chi connectivity index (χ2v) is 12.3. The first-order valence-electron chi connectivity index (χ1n) is 11.9. The van der Waals surface area contributed by atoms with Crippen molar-refractivity contribution < 1.29 is 18.0 Å². The van der Waals surface area contributed by atoms with Crippen LogP contribution in [0.15, 0.2) is 41.3 Å². The number of anilines is 1. The van der Waals surface area contributed by atoms with Gasteiger partial charge in [0.25, 0.3) is 11.8 Å². The van der Waals surface area contributed by atoms with E-state index < -0.39 is 9.84 Å². The molecule has 0 saturated heterocycles. The van der Waals surface area contributed by atoms with E-state index in [0.717, 1.165) is 18.4 Å². The van der Waals surface area contributed by atoms with Crippen LogP contribution in [-0.4, -0.2) is 31.8 Å². The van der Waals surface area contributed by atoms with Crippen molar-refractivity contribution in [3.8, 4) is 0 Å². The van der Waals surface area contributed by atoms with Gasteiger partial charge < -0.3 is 15.6 Å². The molecule has 2 heterocycles. The number of aryl methyl sites for hydroxylation is 1. The molecule has 192 valence electrons. The number of aromatic nitrogens is 1. The third-order valence-electron chi connectivity index (χ3n) is 6.77. The van der Waals surface area contributed by atoms with Crippen molar-refractivity contribution in [1.82, 2.24) is 10.3 Å². The zero-order valence-electron chi connectivity index (χ0n) is 20.2. The summed E-state index contributed by atoms with van der Waals surface area (Å²) in [7, 11) is -3.82.